The van der Waals surface area contributed by atoms with E-state index in [0.717, 1.165) is 13.2 Å². The summed E-state index contributed by atoms with van der Waals surface area (Å²) in [6.07, 6.45) is 1.59. The molecule has 1 aromatic carbocycles. The molecule has 0 aliphatic rings. The van der Waals surface area contributed by atoms with E-state index in [2.05, 4.69) is 6.58 Å². The third-order valence-corrected chi connectivity index (χ3v) is 1.96. The Bertz CT molecular complexity index is 298. The summed E-state index contributed by atoms with van der Waals surface area (Å²) in [7, 11) is 0. The number of ether oxygens (including phenoxy) is 1. The summed E-state index contributed by atoms with van der Waals surface area (Å²) in [6.45, 7) is 9.21. The number of aromatic hydroxyl groups is 1. The number of hydrogen-bond donors (Lipinski definition) is 2. The number of hydrogen-bond acceptors (Lipinski definition) is 3. The van der Waals surface area contributed by atoms with Gasteiger partial charge in [0.05, 0.1) is 6.04 Å². The predicted octanol–water partition coefficient (Wildman–Crippen LogP) is 2.62. The highest BCUT2D eigenvalue weighted by Gasteiger charge is 2.04. The number of rotatable bonds is 4. The van der Waals surface area contributed by atoms with Gasteiger partial charge in [-0.05, 0) is 19.9 Å². The SMILES string of the molecule is C=CC(N)c1ccccc1O.CCOCC. The molecule has 0 radical (unpaired) electrons. The van der Waals surface area contributed by atoms with Gasteiger partial charge in [0, 0.05) is 18.8 Å². The van der Waals surface area contributed by atoms with Crippen LogP contribution in [0.1, 0.15) is 25.5 Å². The second-order valence-corrected chi connectivity index (χ2v) is 3.10. The molecule has 16 heavy (non-hydrogen) atoms. The molecule has 0 aliphatic carbocycles. The van der Waals surface area contributed by atoms with E-state index in [9.17, 15) is 5.11 Å². The van der Waals surface area contributed by atoms with Crippen LogP contribution >= 0.6 is 0 Å². The molecule has 3 heteroatoms. The molecule has 0 bridgehead atoms. The Morgan fingerprint density at radius 3 is 2.31 bits per heavy atom. The number of nitrogens with two attached hydrogens (primary N) is 1. The maximum absolute atomic E-state index is 9.28. The van der Waals surface area contributed by atoms with Crippen LogP contribution in [0.15, 0.2) is 36.9 Å². The van der Waals surface area contributed by atoms with Crippen molar-refractivity contribution >= 4 is 0 Å². The van der Waals surface area contributed by atoms with Crippen molar-refractivity contribution in [1.82, 2.24) is 0 Å². The Hall–Kier alpha value is -1.32. The van der Waals surface area contributed by atoms with Crippen molar-refractivity contribution in [3.63, 3.8) is 0 Å². The third-order valence-electron chi connectivity index (χ3n) is 1.96. The number of phenolic OH excluding ortho intramolecular Hbond substituents is 1. The lowest BCUT2D eigenvalue weighted by Crippen LogP contribution is -2.06. The fourth-order valence-electron chi connectivity index (χ4n) is 1.10. The lowest BCUT2D eigenvalue weighted by molar-refractivity contribution is 0.162. The van der Waals surface area contributed by atoms with E-state index in [-0.39, 0.29) is 11.8 Å². The van der Waals surface area contributed by atoms with Crippen LogP contribution in [0.4, 0.5) is 0 Å². The number of para-hydroxylation sites is 1. The van der Waals surface area contributed by atoms with Gasteiger partial charge in [0.1, 0.15) is 5.75 Å². The zero-order chi connectivity index (χ0) is 12.4. The Balaban J connectivity index is 0.000000385. The Morgan fingerprint density at radius 1 is 1.38 bits per heavy atom. The van der Waals surface area contributed by atoms with Crippen LogP contribution < -0.4 is 5.73 Å². The fraction of sp³-hybridized carbons (Fsp3) is 0.385. The molecule has 3 N–H and O–H groups in total. The first-order valence-corrected chi connectivity index (χ1v) is 5.41. The highest BCUT2D eigenvalue weighted by Crippen LogP contribution is 2.21. The first kappa shape index (κ1) is 14.7. The van der Waals surface area contributed by atoms with Gasteiger partial charge in [0.15, 0.2) is 0 Å². The standard InChI is InChI=1S/C9H11NO.C4H10O/c1-2-8(10)7-5-3-4-6-9(7)11;1-3-5-4-2/h2-6,8,11H,1,10H2;3-4H2,1-2H3. The van der Waals surface area contributed by atoms with Crippen molar-refractivity contribution in [2.75, 3.05) is 13.2 Å². The van der Waals surface area contributed by atoms with Crippen LogP contribution in [-0.4, -0.2) is 18.3 Å². The molecular weight excluding hydrogens is 202 g/mol. The molecule has 1 atom stereocenters. The van der Waals surface area contributed by atoms with Crippen molar-refractivity contribution in [3.05, 3.63) is 42.5 Å². The minimum atomic E-state index is -0.281. The second-order valence-electron chi connectivity index (χ2n) is 3.10. The molecule has 3 nitrogen and oxygen atoms in total. The summed E-state index contributed by atoms with van der Waals surface area (Å²) in [6, 6.07) is 6.70. The van der Waals surface area contributed by atoms with Gasteiger partial charge in [-0.2, -0.15) is 0 Å². The van der Waals surface area contributed by atoms with Crippen molar-refractivity contribution in [2.24, 2.45) is 5.73 Å². The molecule has 0 amide bonds. The number of benzene rings is 1. The molecule has 0 saturated carbocycles. The van der Waals surface area contributed by atoms with Crippen molar-refractivity contribution in [1.29, 1.82) is 0 Å². The van der Waals surface area contributed by atoms with Crippen LogP contribution in [0.5, 0.6) is 5.75 Å². The monoisotopic (exact) mass is 223 g/mol. The van der Waals surface area contributed by atoms with E-state index < -0.39 is 0 Å². The van der Waals surface area contributed by atoms with E-state index in [1.54, 1.807) is 24.3 Å². The Kier molecular flexibility index (Phi) is 8.21. The van der Waals surface area contributed by atoms with E-state index >= 15 is 0 Å². The molecule has 0 aliphatic heterocycles. The molecule has 90 valence electrons. The van der Waals surface area contributed by atoms with Crippen LogP contribution in [0.2, 0.25) is 0 Å². The molecule has 0 spiro atoms. The summed E-state index contributed by atoms with van der Waals surface area (Å²) >= 11 is 0. The first-order chi connectivity index (χ1) is 7.67. The second kappa shape index (κ2) is 8.95. The summed E-state index contributed by atoms with van der Waals surface area (Å²) < 4.78 is 4.83. The smallest absolute Gasteiger partial charge is 0.120 e. The normalized spacial score (nSPS) is 11.2. The van der Waals surface area contributed by atoms with E-state index in [4.69, 9.17) is 10.5 Å². The maximum Gasteiger partial charge on any atom is 0.120 e. The van der Waals surface area contributed by atoms with Gasteiger partial charge in [-0.1, -0.05) is 24.3 Å². The van der Waals surface area contributed by atoms with Crippen molar-refractivity contribution < 1.29 is 9.84 Å². The summed E-state index contributed by atoms with van der Waals surface area (Å²) in [5, 5.41) is 9.28. The van der Waals surface area contributed by atoms with Gasteiger partial charge in [-0.25, -0.2) is 0 Å². The van der Waals surface area contributed by atoms with E-state index in [1.807, 2.05) is 19.9 Å². The summed E-state index contributed by atoms with van der Waals surface area (Å²) in [5.41, 5.74) is 6.33. The molecule has 0 aromatic heterocycles. The van der Waals surface area contributed by atoms with E-state index in [0.29, 0.717) is 5.56 Å². The molecular formula is C13H21NO2. The fourth-order valence-corrected chi connectivity index (χ4v) is 1.10. The van der Waals surface area contributed by atoms with Crippen LogP contribution in [-0.2, 0) is 4.74 Å². The Morgan fingerprint density at radius 2 is 1.94 bits per heavy atom. The van der Waals surface area contributed by atoms with Crippen molar-refractivity contribution in [2.45, 2.75) is 19.9 Å². The zero-order valence-electron chi connectivity index (χ0n) is 10.0. The van der Waals surface area contributed by atoms with Gasteiger partial charge < -0.3 is 15.6 Å². The molecule has 1 aromatic rings. The molecule has 0 saturated heterocycles. The number of phenols is 1. The summed E-state index contributed by atoms with van der Waals surface area (Å²) in [5.74, 6) is 0.222. The zero-order valence-corrected chi connectivity index (χ0v) is 10.0. The molecule has 1 unspecified atom stereocenters. The topological polar surface area (TPSA) is 55.5 Å². The first-order valence-electron chi connectivity index (χ1n) is 5.41. The Labute approximate surface area is 97.5 Å². The van der Waals surface area contributed by atoms with Crippen LogP contribution in [0.3, 0.4) is 0 Å². The van der Waals surface area contributed by atoms with Gasteiger partial charge in [0.25, 0.3) is 0 Å². The van der Waals surface area contributed by atoms with Crippen LogP contribution in [0, 0.1) is 0 Å². The summed E-state index contributed by atoms with van der Waals surface area (Å²) in [4.78, 5) is 0. The van der Waals surface area contributed by atoms with Gasteiger partial charge >= 0.3 is 0 Å². The quantitative estimate of drug-likeness (QED) is 0.771. The average Bonchev–Trinajstić information content (AvgIpc) is 2.31. The lowest BCUT2D eigenvalue weighted by Gasteiger charge is -2.07. The highest BCUT2D eigenvalue weighted by molar-refractivity contribution is 5.35. The van der Waals surface area contributed by atoms with Crippen LogP contribution in [0.25, 0.3) is 0 Å². The molecule has 0 heterocycles. The molecule has 0 fully saturated rings. The van der Waals surface area contributed by atoms with Gasteiger partial charge in [0.2, 0.25) is 0 Å². The van der Waals surface area contributed by atoms with Gasteiger partial charge in [-0.3, -0.25) is 0 Å². The van der Waals surface area contributed by atoms with E-state index in [1.165, 1.54) is 0 Å². The largest absolute Gasteiger partial charge is 0.508 e. The minimum Gasteiger partial charge on any atom is -0.508 e. The lowest BCUT2D eigenvalue weighted by atomic mass is 10.1. The predicted molar refractivity (Wildman–Crippen MR) is 67.4 cm³/mol. The maximum atomic E-state index is 9.28. The third kappa shape index (κ3) is 5.53. The highest BCUT2D eigenvalue weighted by atomic mass is 16.5. The average molecular weight is 223 g/mol. The van der Waals surface area contributed by atoms with Gasteiger partial charge in [-0.15, -0.1) is 6.58 Å². The van der Waals surface area contributed by atoms with Crippen molar-refractivity contribution in [3.8, 4) is 5.75 Å². The minimum absolute atomic E-state index is 0.222. The molecule has 1 rings (SSSR count).